The zero-order valence-electron chi connectivity index (χ0n) is 11.7. The van der Waals surface area contributed by atoms with E-state index in [-0.39, 0.29) is 0 Å². The van der Waals surface area contributed by atoms with Crippen LogP contribution in [-0.4, -0.2) is 12.1 Å². The van der Waals surface area contributed by atoms with Crippen LogP contribution < -0.4 is 10.1 Å². The lowest BCUT2D eigenvalue weighted by molar-refractivity contribution is 0.406. The first-order valence-corrected chi connectivity index (χ1v) is 6.46. The highest BCUT2D eigenvalue weighted by molar-refractivity contribution is 5.41. The quantitative estimate of drug-likeness (QED) is 0.893. The number of methoxy groups -OCH3 is 1. The molecule has 2 aromatic rings. The summed E-state index contributed by atoms with van der Waals surface area (Å²) < 4.78 is 5.41. The molecule has 19 heavy (non-hydrogen) atoms. The normalized spacial score (nSPS) is 10.5. The fraction of sp³-hybridized carbons (Fsp3) is 0.312. The van der Waals surface area contributed by atoms with Crippen molar-refractivity contribution in [2.24, 2.45) is 0 Å². The monoisotopic (exact) mass is 256 g/mol. The Morgan fingerprint density at radius 2 is 1.84 bits per heavy atom. The minimum atomic E-state index is 0.747. The van der Waals surface area contributed by atoms with Gasteiger partial charge in [-0.2, -0.15) is 0 Å². The molecule has 0 saturated heterocycles. The number of pyridine rings is 1. The van der Waals surface area contributed by atoms with Crippen LogP contribution in [0.4, 0.5) is 0 Å². The van der Waals surface area contributed by atoms with Gasteiger partial charge in [-0.1, -0.05) is 30.3 Å². The van der Waals surface area contributed by atoms with Crippen LogP contribution in [0.1, 0.15) is 22.4 Å². The molecule has 0 unspecified atom stereocenters. The Kier molecular flexibility index (Phi) is 4.53. The van der Waals surface area contributed by atoms with E-state index in [2.05, 4.69) is 41.5 Å². The predicted molar refractivity (Wildman–Crippen MR) is 77.2 cm³/mol. The maximum absolute atomic E-state index is 5.41. The van der Waals surface area contributed by atoms with Crippen molar-refractivity contribution in [3.8, 4) is 5.75 Å². The summed E-state index contributed by atoms with van der Waals surface area (Å²) in [7, 11) is 1.70. The standard InChI is InChI=1S/C16H20N2O/c1-12-9-18-15(13(2)16(12)19-3)11-17-10-14-7-5-4-6-8-14/h4-9,17H,10-11H2,1-3H3. The maximum atomic E-state index is 5.41. The smallest absolute Gasteiger partial charge is 0.128 e. The zero-order chi connectivity index (χ0) is 13.7. The molecule has 0 aliphatic rings. The Morgan fingerprint density at radius 1 is 1.11 bits per heavy atom. The third-order valence-corrected chi connectivity index (χ3v) is 3.21. The maximum Gasteiger partial charge on any atom is 0.128 e. The summed E-state index contributed by atoms with van der Waals surface area (Å²) in [5.74, 6) is 0.937. The lowest BCUT2D eigenvalue weighted by Gasteiger charge is -2.12. The Hall–Kier alpha value is -1.87. The lowest BCUT2D eigenvalue weighted by atomic mass is 10.1. The first-order chi connectivity index (χ1) is 9.22. The third kappa shape index (κ3) is 3.32. The molecule has 1 aromatic heterocycles. The molecule has 3 heteroatoms. The van der Waals surface area contributed by atoms with E-state index in [9.17, 15) is 0 Å². The van der Waals surface area contributed by atoms with E-state index in [0.717, 1.165) is 35.7 Å². The van der Waals surface area contributed by atoms with Gasteiger partial charge in [-0.05, 0) is 19.4 Å². The van der Waals surface area contributed by atoms with E-state index in [4.69, 9.17) is 4.74 Å². The lowest BCUT2D eigenvalue weighted by Crippen LogP contribution is -2.15. The number of hydrogen-bond acceptors (Lipinski definition) is 3. The Morgan fingerprint density at radius 3 is 2.53 bits per heavy atom. The molecule has 1 aromatic carbocycles. The van der Waals surface area contributed by atoms with Crippen molar-refractivity contribution in [3.63, 3.8) is 0 Å². The SMILES string of the molecule is COc1c(C)cnc(CNCc2ccccc2)c1C. The van der Waals surface area contributed by atoms with Crippen LogP contribution >= 0.6 is 0 Å². The van der Waals surface area contributed by atoms with Crippen LogP contribution in [0.5, 0.6) is 5.75 Å². The summed E-state index contributed by atoms with van der Waals surface area (Å²) in [6, 6.07) is 10.4. The van der Waals surface area contributed by atoms with Crippen LogP contribution in [0.2, 0.25) is 0 Å². The molecular formula is C16H20N2O. The Balaban J connectivity index is 2.00. The molecular weight excluding hydrogens is 236 g/mol. The number of aromatic nitrogens is 1. The number of benzene rings is 1. The highest BCUT2D eigenvalue weighted by atomic mass is 16.5. The molecule has 3 nitrogen and oxygen atoms in total. The van der Waals surface area contributed by atoms with Gasteiger partial charge in [-0.3, -0.25) is 4.98 Å². The second-order valence-corrected chi connectivity index (χ2v) is 4.64. The molecule has 0 amide bonds. The van der Waals surface area contributed by atoms with Crippen LogP contribution in [0.25, 0.3) is 0 Å². The second kappa shape index (κ2) is 6.34. The van der Waals surface area contributed by atoms with Gasteiger partial charge in [0.05, 0.1) is 12.8 Å². The van der Waals surface area contributed by atoms with Gasteiger partial charge in [0.1, 0.15) is 5.75 Å². The summed E-state index contributed by atoms with van der Waals surface area (Å²) in [5, 5.41) is 3.41. The fourth-order valence-corrected chi connectivity index (χ4v) is 2.17. The average Bonchev–Trinajstić information content (AvgIpc) is 2.43. The summed E-state index contributed by atoms with van der Waals surface area (Å²) in [4.78, 5) is 4.48. The third-order valence-electron chi connectivity index (χ3n) is 3.21. The van der Waals surface area contributed by atoms with E-state index in [1.807, 2.05) is 19.2 Å². The molecule has 100 valence electrons. The molecule has 0 bridgehead atoms. The van der Waals surface area contributed by atoms with E-state index in [0.29, 0.717) is 0 Å². The second-order valence-electron chi connectivity index (χ2n) is 4.64. The van der Waals surface area contributed by atoms with Gasteiger partial charge in [-0.25, -0.2) is 0 Å². The molecule has 0 fully saturated rings. The van der Waals surface area contributed by atoms with E-state index >= 15 is 0 Å². The highest BCUT2D eigenvalue weighted by Gasteiger charge is 2.08. The van der Waals surface area contributed by atoms with Gasteiger partial charge in [0.25, 0.3) is 0 Å². The predicted octanol–water partition coefficient (Wildman–Crippen LogP) is 3.00. The zero-order valence-corrected chi connectivity index (χ0v) is 11.7. The van der Waals surface area contributed by atoms with Gasteiger partial charge in [-0.15, -0.1) is 0 Å². The van der Waals surface area contributed by atoms with Crippen molar-refractivity contribution >= 4 is 0 Å². The number of ether oxygens (including phenoxy) is 1. The first-order valence-electron chi connectivity index (χ1n) is 6.46. The van der Waals surface area contributed by atoms with Crippen LogP contribution in [0.15, 0.2) is 36.5 Å². The van der Waals surface area contributed by atoms with Gasteiger partial charge < -0.3 is 10.1 Å². The number of nitrogens with zero attached hydrogens (tertiary/aromatic N) is 1. The van der Waals surface area contributed by atoms with Crippen LogP contribution in [0, 0.1) is 13.8 Å². The minimum Gasteiger partial charge on any atom is -0.496 e. The average molecular weight is 256 g/mol. The van der Waals surface area contributed by atoms with Gasteiger partial charge in [0, 0.05) is 30.4 Å². The van der Waals surface area contributed by atoms with E-state index in [1.165, 1.54) is 5.56 Å². The van der Waals surface area contributed by atoms with E-state index < -0.39 is 0 Å². The van der Waals surface area contributed by atoms with Crippen LogP contribution in [-0.2, 0) is 13.1 Å². The molecule has 0 saturated carbocycles. The largest absolute Gasteiger partial charge is 0.496 e. The number of hydrogen-bond donors (Lipinski definition) is 1. The van der Waals surface area contributed by atoms with E-state index in [1.54, 1.807) is 7.11 Å². The van der Waals surface area contributed by atoms with Crippen molar-refractivity contribution in [1.29, 1.82) is 0 Å². The van der Waals surface area contributed by atoms with Crippen molar-refractivity contribution in [2.75, 3.05) is 7.11 Å². The summed E-state index contributed by atoms with van der Waals surface area (Å²) >= 11 is 0. The summed E-state index contributed by atoms with van der Waals surface area (Å²) in [5.41, 5.74) is 4.51. The van der Waals surface area contributed by atoms with Gasteiger partial charge >= 0.3 is 0 Å². The van der Waals surface area contributed by atoms with Crippen molar-refractivity contribution in [3.05, 3.63) is 58.9 Å². The molecule has 0 atom stereocenters. The van der Waals surface area contributed by atoms with Crippen molar-refractivity contribution < 1.29 is 4.74 Å². The first kappa shape index (κ1) is 13.6. The molecule has 0 aliphatic heterocycles. The summed E-state index contributed by atoms with van der Waals surface area (Å²) in [6.45, 7) is 5.66. The molecule has 0 spiro atoms. The number of rotatable bonds is 5. The number of aryl methyl sites for hydroxylation is 1. The topological polar surface area (TPSA) is 34.1 Å². The molecule has 1 heterocycles. The number of nitrogens with one attached hydrogen (secondary N) is 1. The molecule has 2 rings (SSSR count). The van der Waals surface area contributed by atoms with Crippen molar-refractivity contribution in [1.82, 2.24) is 10.3 Å². The van der Waals surface area contributed by atoms with Crippen LogP contribution in [0.3, 0.4) is 0 Å². The molecule has 0 aliphatic carbocycles. The fourth-order valence-electron chi connectivity index (χ4n) is 2.17. The minimum absolute atomic E-state index is 0.747. The van der Waals surface area contributed by atoms with Gasteiger partial charge in [0.2, 0.25) is 0 Å². The Bertz CT molecular complexity index is 538. The molecule has 0 radical (unpaired) electrons. The highest BCUT2D eigenvalue weighted by Crippen LogP contribution is 2.23. The molecule has 1 N–H and O–H groups in total. The van der Waals surface area contributed by atoms with Crippen molar-refractivity contribution in [2.45, 2.75) is 26.9 Å². The van der Waals surface area contributed by atoms with Gasteiger partial charge in [0.15, 0.2) is 0 Å². The Labute approximate surface area is 114 Å². The summed E-state index contributed by atoms with van der Waals surface area (Å²) in [6.07, 6.45) is 1.87.